The van der Waals surface area contributed by atoms with Crippen molar-refractivity contribution in [1.29, 1.82) is 0 Å². The summed E-state index contributed by atoms with van der Waals surface area (Å²) in [5.41, 5.74) is 8.62. The van der Waals surface area contributed by atoms with E-state index in [0.717, 1.165) is 6.07 Å². The van der Waals surface area contributed by atoms with Gasteiger partial charge in [0.15, 0.2) is 0 Å². The molecule has 5 nitrogen and oxygen atoms in total. The lowest BCUT2D eigenvalue weighted by Gasteiger charge is -2.21. The maximum absolute atomic E-state index is 13.5. The largest absolute Gasteiger partial charge is 0.366 e. The Balaban J connectivity index is 3.12. The molecule has 0 fully saturated rings. The highest BCUT2D eigenvalue weighted by Gasteiger charge is 2.27. The van der Waals surface area contributed by atoms with Gasteiger partial charge in [-0.25, -0.2) is 8.78 Å². The fourth-order valence-electron chi connectivity index (χ4n) is 1.22. The maximum atomic E-state index is 13.5. The van der Waals surface area contributed by atoms with Crippen LogP contribution in [0.5, 0.6) is 0 Å². The molecule has 0 saturated carbocycles. The van der Waals surface area contributed by atoms with Crippen LogP contribution in [0.15, 0.2) is 12.1 Å². The molecular formula is C12H15F2N3O2. The van der Waals surface area contributed by atoms with E-state index in [1.807, 2.05) is 0 Å². The average molecular weight is 271 g/mol. The monoisotopic (exact) mass is 271 g/mol. The quantitative estimate of drug-likeness (QED) is 0.761. The van der Waals surface area contributed by atoms with Crippen molar-refractivity contribution in [2.24, 2.45) is 16.9 Å². The molecule has 0 unspecified atom stereocenters. The van der Waals surface area contributed by atoms with E-state index in [9.17, 15) is 18.4 Å². The molecule has 0 bridgehead atoms. The molecule has 1 aromatic carbocycles. The zero-order chi connectivity index (χ0) is 14.8. The third-order valence-corrected chi connectivity index (χ3v) is 2.70. The third kappa shape index (κ3) is 3.25. The van der Waals surface area contributed by atoms with Gasteiger partial charge in [0.25, 0.3) is 5.91 Å². The number of nitrogens with one attached hydrogen (secondary N) is 1. The SMILES string of the molecule is CC(C)(CN)C(=O)Nc1cc(C(N)=O)c(F)cc1F. The van der Waals surface area contributed by atoms with Crippen molar-refractivity contribution in [3.63, 3.8) is 0 Å². The Morgan fingerprint density at radius 3 is 2.32 bits per heavy atom. The highest BCUT2D eigenvalue weighted by molar-refractivity contribution is 5.98. The number of hydrogen-bond donors (Lipinski definition) is 3. The molecule has 2 amide bonds. The molecule has 104 valence electrons. The fourth-order valence-corrected chi connectivity index (χ4v) is 1.22. The standard InChI is InChI=1S/C12H15F2N3O2/c1-12(2,5-15)11(19)17-9-3-6(10(16)18)7(13)4-8(9)14/h3-4H,5,15H2,1-2H3,(H2,16,18)(H,17,19). The molecule has 0 aliphatic rings. The van der Waals surface area contributed by atoms with Crippen LogP contribution < -0.4 is 16.8 Å². The summed E-state index contributed by atoms with van der Waals surface area (Å²) >= 11 is 0. The summed E-state index contributed by atoms with van der Waals surface area (Å²) in [5.74, 6) is -3.67. The third-order valence-electron chi connectivity index (χ3n) is 2.70. The Morgan fingerprint density at radius 2 is 1.84 bits per heavy atom. The number of amides is 2. The molecular weight excluding hydrogens is 256 g/mol. The number of carbonyl (C=O) groups is 2. The van der Waals surface area contributed by atoms with E-state index in [4.69, 9.17) is 11.5 Å². The van der Waals surface area contributed by atoms with Gasteiger partial charge >= 0.3 is 0 Å². The van der Waals surface area contributed by atoms with E-state index in [1.54, 1.807) is 13.8 Å². The highest BCUT2D eigenvalue weighted by Crippen LogP contribution is 2.22. The van der Waals surface area contributed by atoms with Gasteiger partial charge in [0.2, 0.25) is 5.91 Å². The van der Waals surface area contributed by atoms with Crippen molar-refractivity contribution in [1.82, 2.24) is 0 Å². The van der Waals surface area contributed by atoms with E-state index in [-0.39, 0.29) is 12.2 Å². The predicted octanol–water partition coefficient (Wildman–Crippen LogP) is 0.987. The first-order chi connectivity index (χ1) is 8.69. The first-order valence-corrected chi connectivity index (χ1v) is 5.49. The minimum absolute atomic E-state index is 0.0460. The van der Waals surface area contributed by atoms with Gasteiger partial charge in [0.1, 0.15) is 11.6 Å². The van der Waals surface area contributed by atoms with E-state index in [1.165, 1.54) is 0 Å². The Morgan fingerprint density at radius 1 is 1.26 bits per heavy atom. The van der Waals surface area contributed by atoms with Gasteiger partial charge in [-0.3, -0.25) is 9.59 Å². The number of hydrogen-bond acceptors (Lipinski definition) is 3. The van der Waals surface area contributed by atoms with Crippen molar-refractivity contribution in [3.8, 4) is 0 Å². The van der Waals surface area contributed by atoms with Crippen LogP contribution in [-0.4, -0.2) is 18.4 Å². The van der Waals surface area contributed by atoms with Crippen LogP contribution in [0.4, 0.5) is 14.5 Å². The molecule has 1 rings (SSSR count). The number of benzene rings is 1. The molecule has 5 N–H and O–H groups in total. The van der Waals surface area contributed by atoms with Crippen LogP contribution in [0.1, 0.15) is 24.2 Å². The summed E-state index contributed by atoms with van der Waals surface area (Å²) in [6, 6.07) is 1.35. The fraction of sp³-hybridized carbons (Fsp3) is 0.333. The lowest BCUT2D eigenvalue weighted by atomic mass is 9.92. The van der Waals surface area contributed by atoms with Gasteiger partial charge in [-0.2, -0.15) is 0 Å². The second-order valence-corrected chi connectivity index (χ2v) is 4.72. The lowest BCUT2D eigenvalue weighted by Crippen LogP contribution is -2.37. The summed E-state index contributed by atoms with van der Waals surface area (Å²) in [6.45, 7) is 3.18. The number of carbonyl (C=O) groups excluding carboxylic acids is 2. The summed E-state index contributed by atoms with van der Waals surface area (Å²) in [7, 11) is 0. The van der Waals surface area contributed by atoms with E-state index in [0.29, 0.717) is 6.07 Å². The first-order valence-electron chi connectivity index (χ1n) is 5.49. The van der Waals surface area contributed by atoms with Crippen LogP contribution in [0.25, 0.3) is 0 Å². The number of primary amides is 1. The average Bonchev–Trinajstić information content (AvgIpc) is 2.31. The number of nitrogens with two attached hydrogens (primary N) is 2. The van der Waals surface area contributed by atoms with Crippen molar-refractivity contribution >= 4 is 17.5 Å². The molecule has 0 heterocycles. The Kier molecular flexibility index (Phi) is 4.21. The van der Waals surface area contributed by atoms with Crippen LogP contribution >= 0.6 is 0 Å². The molecule has 0 atom stereocenters. The summed E-state index contributed by atoms with van der Waals surface area (Å²) < 4.78 is 26.8. The van der Waals surface area contributed by atoms with Crippen LogP contribution in [0.2, 0.25) is 0 Å². The Hall–Kier alpha value is -2.02. The van der Waals surface area contributed by atoms with Crippen LogP contribution in [0.3, 0.4) is 0 Å². The molecule has 0 spiro atoms. The second-order valence-electron chi connectivity index (χ2n) is 4.72. The van der Waals surface area contributed by atoms with Gasteiger partial charge in [0.05, 0.1) is 16.7 Å². The maximum Gasteiger partial charge on any atom is 0.251 e. The molecule has 19 heavy (non-hydrogen) atoms. The first kappa shape index (κ1) is 15.0. The molecule has 1 aromatic rings. The lowest BCUT2D eigenvalue weighted by molar-refractivity contribution is -0.123. The summed E-state index contributed by atoms with van der Waals surface area (Å²) in [4.78, 5) is 22.8. The van der Waals surface area contributed by atoms with Crippen molar-refractivity contribution in [2.75, 3.05) is 11.9 Å². The van der Waals surface area contributed by atoms with Crippen molar-refractivity contribution in [2.45, 2.75) is 13.8 Å². The summed E-state index contributed by atoms with van der Waals surface area (Å²) in [6.07, 6.45) is 0. The second kappa shape index (κ2) is 5.31. The number of halogens is 2. The molecule has 0 aromatic heterocycles. The van der Waals surface area contributed by atoms with Crippen molar-refractivity contribution < 1.29 is 18.4 Å². The highest BCUT2D eigenvalue weighted by atomic mass is 19.1. The molecule has 0 saturated heterocycles. The Labute approximate surface area is 109 Å². The van der Waals surface area contributed by atoms with Gasteiger partial charge in [-0.1, -0.05) is 0 Å². The van der Waals surface area contributed by atoms with Gasteiger partial charge in [-0.05, 0) is 19.9 Å². The van der Waals surface area contributed by atoms with Gasteiger partial charge in [-0.15, -0.1) is 0 Å². The molecule has 0 radical (unpaired) electrons. The molecule has 7 heteroatoms. The smallest absolute Gasteiger partial charge is 0.251 e. The zero-order valence-electron chi connectivity index (χ0n) is 10.6. The van der Waals surface area contributed by atoms with Gasteiger partial charge < -0.3 is 16.8 Å². The van der Waals surface area contributed by atoms with E-state index in [2.05, 4.69) is 5.32 Å². The zero-order valence-corrected chi connectivity index (χ0v) is 10.6. The van der Waals surface area contributed by atoms with E-state index >= 15 is 0 Å². The Bertz CT molecular complexity index is 530. The van der Waals surface area contributed by atoms with Crippen LogP contribution in [-0.2, 0) is 4.79 Å². The molecule has 0 aliphatic carbocycles. The number of anilines is 1. The van der Waals surface area contributed by atoms with Crippen LogP contribution in [0, 0.1) is 17.0 Å². The van der Waals surface area contributed by atoms with Gasteiger partial charge in [0, 0.05) is 12.6 Å². The summed E-state index contributed by atoms with van der Waals surface area (Å²) in [5, 5.41) is 2.26. The predicted molar refractivity (Wildman–Crippen MR) is 66.3 cm³/mol. The minimum atomic E-state index is -1.08. The number of rotatable bonds is 4. The van der Waals surface area contributed by atoms with Crippen molar-refractivity contribution in [3.05, 3.63) is 29.3 Å². The van der Waals surface area contributed by atoms with E-state index < -0.39 is 34.4 Å². The topological polar surface area (TPSA) is 98.2 Å². The normalized spacial score (nSPS) is 11.2. The molecule has 0 aliphatic heterocycles. The minimum Gasteiger partial charge on any atom is -0.366 e.